The predicted molar refractivity (Wildman–Crippen MR) is 214 cm³/mol. The molecule has 4 aromatic rings. The Bertz CT molecular complexity index is 1250. The molecule has 0 spiro atoms. The van der Waals surface area contributed by atoms with Crippen molar-refractivity contribution in [3.63, 3.8) is 0 Å². The molecule has 0 atom stereocenters. The van der Waals surface area contributed by atoms with Crippen LogP contribution in [-0.4, -0.2) is 9.97 Å². The summed E-state index contributed by atoms with van der Waals surface area (Å²) in [4.78, 5) is 14.8. The fraction of sp³-hybridized carbons (Fsp3) is 0.591. The average molecular weight is 685 g/mol. The third kappa shape index (κ3) is 14.7. The van der Waals surface area contributed by atoms with Crippen LogP contribution in [0.15, 0.2) is 60.9 Å². The average Bonchev–Trinajstić information content (AvgIpc) is 3.81. The minimum Gasteiger partial charge on any atom is -0.255 e. The van der Waals surface area contributed by atoms with Crippen molar-refractivity contribution in [1.29, 1.82) is 0 Å². The molecule has 0 N–H and O–H groups in total. The number of unbranched alkanes of at least 4 members (excludes halogenated alkanes) is 20. The Morgan fingerprint density at radius 1 is 0.354 bits per heavy atom. The van der Waals surface area contributed by atoms with E-state index in [1.807, 2.05) is 22.7 Å². The molecule has 0 saturated carbocycles. The van der Waals surface area contributed by atoms with Crippen LogP contribution in [0, 0.1) is 0 Å². The highest BCUT2D eigenvalue weighted by atomic mass is 32.1. The Morgan fingerprint density at radius 2 is 0.667 bits per heavy atom. The Kier molecular flexibility index (Phi) is 19.2. The standard InChI is InChI=1S/C44H64N2S2/c1-3-5-7-9-11-13-15-17-19-21-23-25-37-27-29-39(45-35-37)41-31-33-43(47-41)44-34-32-42(48-44)40-30-28-38(36-46-40)26-24-22-20-18-16-14-12-10-8-6-4-2/h27-36H,3-26H2,1-2H3. The number of hydrogen-bond acceptors (Lipinski definition) is 4. The maximum atomic E-state index is 4.85. The molecule has 0 fully saturated rings. The van der Waals surface area contributed by atoms with E-state index in [2.05, 4.69) is 74.8 Å². The first-order valence-electron chi connectivity index (χ1n) is 19.9. The van der Waals surface area contributed by atoms with Crippen molar-refractivity contribution in [2.45, 2.75) is 168 Å². The summed E-state index contributed by atoms with van der Waals surface area (Å²) in [5, 5.41) is 0. The molecule has 0 saturated heterocycles. The van der Waals surface area contributed by atoms with E-state index < -0.39 is 0 Å². The second-order valence-electron chi connectivity index (χ2n) is 14.0. The molecule has 4 rings (SSSR count). The lowest BCUT2D eigenvalue weighted by Gasteiger charge is -2.04. The number of nitrogens with zero attached hydrogens (tertiary/aromatic N) is 2. The number of thiophene rings is 2. The molecule has 262 valence electrons. The van der Waals surface area contributed by atoms with Gasteiger partial charge in [0.15, 0.2) is 0 Å². The van der Waals surface area contributed by atoms with Gasteiger partial charge in [0.25, 0.3) is 0 Å². The lowest BCUT2D eigenvalue weighted by atomic mass is 10.0. The minimum atomic E-state index is 1.08. The summed E-state index contributed by atoms with van der Waals surface area (Å²) in [5.41, 5.74) is 4.90. The molecule has 0 aliphatic rings. The third-order valence-electron chi connectivity index (χ3n) is 9.75. The summed E-state index contributed by atoms with van der Waals surface area (Å²) in [5.74, 6) is 0. The Labute approximate surface area is 302 Å². The summed E-state index contributed by atoms with van der Waals surface area (Å²) in [6, 6.07) is 18.0. The molecule has 2 nitrogen and oxygen atoms in total. The highest BCUT2D eigenvalue weighted by molar-refractivity contribution is 7.25. The maximum Gasteiger partial charge on any atom is 0.0802 e. The minimum absolute atomic E-state index is 1.08. The highest BCUT2D eigenvalue weighted by Crippen LogP contribution is 2.39. The summed E-state index contributed by atoms with van der Waals surface area (Å²) >= 11 is 3.68. The first-order valence-corrected chi connectivity index (χ1v) is 21.5. The van der Waals surface area contributed by atoms with Crippen molar-refractivity contribution < 1.29 is 0 Å². The molecular weight excluding hydrogens is 621 g/mol. The van der Waals surface area contributed by atoms with E-state index >= 15 is 0 Å². The van der Waals surface area contributed by atoms with Crippen LogP contribution in [0.25, 0.3) is 30.9 Å². The number of pyridine rings is 2. The summed E-state index contributed by atoms with van der Waals surface area (Å²) in [7, 11) is 0. The van der Waals surface area contributed by atoms with Gasteiger partial charge < -0.3 is 0 Å². The van der Waals surface area contributed by atoms with Crippen molar-refractivity contribution in [2.24, 2.45) is 0 Å². The summed E-state index contributed by atoms with van der Waals surface area (Å²) in [6.45, 7) is 4.59. The van der Waals surface area contributed by atoms with Crippen molar-refractivity contribution in [3.05, 3.63) is 72.1 Å². The van der Waals surface area contributed by atoms with Crippen LogP contribution in [0.4, 0.5) is 0 Å². The highest BCUT2D eigenvalue weighted by Gasteiger charge is 2.11. The van der Waals surface area contributed by atoms with E-state index in [4.69, 9.17) is 9.97 Å². The van der Waals surface area contributed by atoms with Gasteiger partial charge >= 0.3 is 0 Å². The van der Waals surface area contributed by atoms with Crippen LogP contribution < -0.4 is 0 Å². The first-order chi connectivity index (χ1) is 23.8. The van der Waals surface area contributed by atoms with E-state index in [0.717, 1.165) is 24.2 Å². The quantitative estimate of drug-likeness (QED) is 0.0584. The van der Waals surface area contributed by atoms with Crippen molar-refractivity contribution in [1.82, 2.24) is 9.97 Å². The van der Waals surface area contributed by atoms with E-state index in [0.29, 0.717) is 0 Å². The van der Waals surface area contributed by atoms with Gasteiger partial charge in [-0.15, -0.1) is 22.7 Å². The Hall–Kier alpha value is -2.30. The zero-order valence-corrected chi connectivity index (χ0v) is 32.1. The number of aryl methyl sites for hydroxylation is 2. The Balaban J connectivity index is 1.12. The Morgan fingerprint density at radius 3 is 0.979 bits per heavy atom. The van der Waals surface area contributed by atoms with E-state index in [-0.39, 0.29) is 0 Å². The molecule has 4 aromatic heterocycles. The van der Waals surface area contributed by atoms with Gasteiger partial charge in [0, 0.05) is 22.1 Å². The smallest absolute Gasteiger partial charge is 0.0802 e. The van der Waals surface area contributed by atoms with Gasteiger partial charge in [0.05, 0.1) is 21.1 Å². The van der Waals surface area contributed by atoms with Crippen molar-refractivity contribution >= 4 is 22.7 Å². The zero-order valence-electron chi connectivity index (χ0n) is 30.5. The molecule has 4 heterocycles. The van der Waals surface area contributed by atoms with Gasteiger partial charge in [0.1, 0.15) is 0 Å². The van der Waals surface area contributed by atoms with E-state index in [1.165, 1.54) is 172 Å². The lowest BCUT2D eigenvalue weighted by Crippen LogP contribution is -1.89. The second kappa shape index (κ2) is 24.0. The van der Waals surface area contributed by atoms with Gasteiger partial charge in [-0.3, -0.25) is 9.97 Å². The second-order valence-corrected chi connectivity index (χ2v) is 16.2. The molecule has 0 aliphatic heterocycles. The van der Waals surface area contributed by atoms with Gasteiger partial charge in [-0.2, -0.15) is 0 Å². The molecule has 0 aromatic carbocycles. The lowest BCUT2D eigenvalue weighted by molar-refractivity contribution is 0.549. The van der Waals surface area contributed by atoms with Crippen LogP contribution in [-0.2, 0) is 12.8 Å². The van der Waals surface area contributed by atoms with Crippen LogP contribution in [0.5, 0.6) is 0 Å². The molecule has 0 unspecified atom stereocenters. The fourth-order valence-electron chi connectivity index (χ4n) is 6.64. The summed E-state index contributed by atoms with van der Waals surface area (Å²) in [6.07, 6.45) is 37.1. The normalized spacial score (nSPS) is 11.5. The number of rotatable bonds is 27. The molecule has 0 bridgehead atoms. The van der Waals surface area contributed by atoms with E-state index in [1.54, 1.807) is 0 Å². The molecule has 0 aliphatic carbocycles. The van der Waals surface area contributed by atoms with E-state index in [9.17, 15) is 0 Å². The van der Waals surface area contributed by atoms with Crippen molar-refractivity contribution in [3.8, 4) is 30.9 Å². The number of aromatic nitrogens is 2. The molecule has 0 amide bonds. The van der Waals surface area contributed by atoms with Crippen molar-refractivity contribution in [2.75, 3.05) is 0 Å². The zero-order chi connectivity index (χ0) is 33.5. The first kappa shape index (κ1) is 38.5. The molecule has 48 heavy (non-hydrogen) atoms. The maximum absolute atomic E-state index is 4.85. The van der Waals surface area contributed by atoms with Gasteiger partial charge in [-0.1, -0.05) is 154 Å². The SMILES string of the molecule is CCCCCCCCCCCCCc1ccc(-c2ccc(-c3ccc(-c4ccc(CCCCCCCCCCCCC)cn4)s3)s2)nc1. The van der Waals surface area contributed by atoms with Crippen LogP contribution >= 0.6 is 22.7 Å². The largest absolute Gasteiger partial charge is 0.255 e. The monoisotopic (exact) mass is 684 g/mol. The molecule has 4 heteroatoms. The fourth-order valence-corrected chi connectivity index (χ4v) is 8.69. The molecular formula is C44H64N2S2. The van der Waals surface area contributed by atoms with Gasteiger partial charge in [0.2, 0.25) is 0 Å². The molecule has 0 radical (unpaired) electrons. The summed E-state index contributed by atoms with van der Waals surface area (Å²) < 4.78 is 0. The third-order valence-corrected chi connectivity index (χ3v) is 12.2. The van der Waals surface area contributed by atoms with Gasteiger partial charge in [-0.25, -0.2) is 0 Å². The van der Waals surface area contributed by atoms with Crippen LogP contribution in [0.3, 0.4) is 0 Å². The van der Waals surface area contributed by atoms with Crippen LogP contribution in [0.1, 0.15) is 166 Å². The van der Waals surface area contributed by atoms with Crippen LogP contribution in [0.2, 0.25) is 0 Å². The van der Waals surface area contributed by atoms with Gasteiger partial charge in [-0.05, 0) is 73.2 Å². The topological polar surface area (TPSA) is 25.8 Å². The predicted octanol–water partition coefficient (Wildman–Crippen LogP) is 15.3. The number of hydrogen-bond donors (Lipinski definition) is 0.